The largest absolute Gasteiger partial charge is 0.469 e. The highest BCUT2D eigenvalue weighted by Crippen LogP contribution is 2.15. The fraction of sp³-hybridized carbons (Fsp3) is 0.750. The third kappa shape index (κ3) is 1.96. The average molecular weight is 143 g/mol. The van der Waals surface area contributed by atoms with Crippen LogP contribution in [0, 0.1) is 0 Å². The van der Waals surface area contributed by atoms with Crippen LogP contribution >= 0.6 is 9.39 Å². The van der Waals surface area contributed by atoms with E-state index in [1.807, 2.05) is 4.67 Å². The summed E-state index contributed by atoms with van der Waals surface area (Å²) in [5.74, 6) is -0.682. The van der Waals surface area contributed by atoms with E-state index < -0.39 is 5.87 Å². The Hall–Kier alpha value is -0.0751. The van der Waals surface area contributed by atoms with Crippen molar-refractivity contribution in [3.05, 3.63) is 0 Å². The van der Waals surface area contributed by atoms with E-state index in [0.29, 0.717) is 0 Å². The Morgan fingerprint density at radius 3 is 2.67 bits per heavy atom. The van der Waals surface area contributed by atoms with E-state index in [-0.39, 0.29) is 6.10 Å². The minimum Gasteiger partial charge on any atom is -0.469 e. The minimum atomic E-state index is -0.682. The molecule has 1 fully saturated rings. The summed E-state index contributed by atoms with van der Waals surface area (Å²) >= 11 is 0. The lowest BCUT2D eigenvalue weighted by molar-refractivity contribution is 0.0456. The van der Waals surface area contributed by atoms with Crippen molar-refractivity contribution < 1.29 is 9.53 Å². The number of ether oxygens (including phenoxy) is 1. The first-order chi connectivity index (χ1) is 4.18. The Kier molecular flexibility index (Phi) is 2.09. The zero-order valence-electron chi connectivity index (χ0n) is 4.91. The topological polar surface area (TPSA) is 29.5 Å². The molecule has 0 aromatic rings. The highest BCUT2D eigenvalue weighted by Gasteiger charge is 2.25. The molecular weight excluding hydrogens is 136 g/mol. The Labute approximate surface area is 57.4 Å². The van der Waals surface area contributed by atoms with Crippen molar-refractivity contribution in [3.63, 3.8) is 0 Å². The van der Waals surface area contributed by atoms with Crippen LogP contribution in [-0.4, -0.2) is 37.6 Å². The van der Waals surface area contributed by atoms with Crippen LogP contribution < -0.4 is 0 Å². The van der Waals surface area contributed by atoms with E-state index >= 15 is 0 Å². The summed E-state index contributed by atoms with van der Waals surface area (Å²) in [6, 6.07) is 0. The van der Waals surface area contributed by atoms with Gasteiger partial charge in [0.1, 0.15) is 6.10 Å². The first kappa shape index (κ1) is 7.04. The molecular formula is C4H7BNO2P. The third-order valence-electron chi connectivity index (χ3n) is 1.16. The summed E-state index contributed by atoms with van der Waals surface area (Å²) in [6.45, 7) is 1.54. The molecule has 3 nitrogen and oxygen atoms in total. The number of hydrogen-bond acceptors (Lipinski definition) is 3. The molecule has 0 aromatic heterocycles. The van der Waals surface area contributed by atoms with Crippen molar-refractivity contribution >= 4 is 23.1 Å². The van der Waals surface area contributed by atoms with Gasteiger partial charge in [0.15, 0.2) is 0 Å². The number of carbonyl (C=O) groups is 1. The van der Waals surface area contributed by atoms with Crippen molar-refractivity contribution in [3.8, 4) is 0 Å². The SMILES string of the molecule is [B]C(=O)OC1CN(P)C1. The van der Waals surface area contributed by atoms with Crippen molar-refractivity contribution in [1.82, 2.24) is 4.67 Å². The highest BCUT2D eigenvalue weighted by atomic mass is 31.0. The lowest BCUT2D eigenvalue weighted by Crippen LogP contribution is -2.47. The second kappa shape index (κ2) is 2.67. The van der Waals surface area contributed by atoms with Gasteiger partial charge >= 0.3 is 0 Å². The normalized spacial score (nSPS) is 21.0. The molecule has 2 radical (unpaired) electrons. The van der Waals surface area contributed by atoms with Gasteiger partial charge in [-0.25, -0.2) is 0 Å². The molecule has 1 aliphatic heterocycles. The molecule has 0 N–H and O–H groups in total. The van der Waals surface area contributed by atoms with Gasteiger partial charge in [-0.15, -0.1) is 0 Å². The highest BCUT2D eigenvalue weighted by molar-refractivity contribution is 7.13. The van der Waals surface area contributed by atoms with Crippen molar-refractivity contribution in [2.45, 2.75) is 6.10 Å². The number of rotatable bonds is 1. The monoisotopic (exact) mass is 143 g/mol. The van der Waals surface area contributed by atoms with Crippen LogP contribution in [0.4, 0.5) is 4.79 Å². The first-order valence-electron chi connectivity index (χ1n) is 2.64. The molecule has 0 bridgehead atoms. The van der Waals surface area contributed by atoms with Gasteiger partial charge in [-0.2, -0.15) is 0 Å². The summed E-state index contributed by atoms with van der Waals surface area (Å²) in [7, 11) is 7.27. The van der Waals surface area contributed by atoms with Crippen LogP contribution in [-0.2, 0) is 4.74 Å². The lowest BCUT2D eigenvalue weighted by Gasteiger charge is -2.34. The maximum atomic E-state index is 10.1. The molecule has 9 heavy (non-hydrogen) atoms. The van der Waals surface area contributed by atoms with Gasteiger partial charge in [-0.05, 0) is 0 Å². The molecule has 1 saturated heterocycles. The quantitative estimate of drug-likeness (QED) is 0.374. The second-order valence-electron chi connectivity index (χ2n) is 2.01. The van der Waals surface area contributed by atoms with Gasteiger partial charge in [-0.1, -0.05) is 9.39 Å². The predicted molar refractivity (Wildman–Crippen MR) is 37.3 cm³/mol. The fourth-order valence-electron chi connectivity index (χ4n) is 0.708. The van der Waals surface area contributed by atoms with Gasteiger partial charge in [0.2, 0.25) is 13.7 Å². The van der Waals surface area contributed by atoms with E-state index in [9.17, 15) is 4.79 Å². The van der Waals surface area contributed by atoms with Crippen LogP contribution in [0.25, 0.3) is 0 Å². The van der Waals surface area contributed by atoms with E-state index in [1.54, 1.807) is 0 Å². The van der Waals surface area contributed by atoms with Crippen LogP contribution in [0.3, 0.4) is 0 Å². The maximum absolute atomic E-state index is 10.1. The van der Waals surface area contributed by atoms with E-state index in [2.05, 4.69) is 14.1 Å². The van der Waals surface area contributed by atoms with Gasteiger partial charge in [0, 0.05) is 13.1 Å². The summed E-state index contributed by atoms with van der Waals surface area (Å²) in [6.07, 6.45) is 0.0139. The van der Waals surface area contributed by atoms with Crippen molar-refractivity contribution in [2.24, 2.45) is 0 Å². The number of hydrogen-bond donors (Lipinski definition) is 0. The Bertz CT molecular complexity index is 126. The lowest BCUT2D eigenvalue weighted by atomic mass is 10.1. The molecule has 0 aliphatic carbocycles. The number of carbonyl (C=O) groups excluding carboxylic acids is 1. The molecule has 1 heterocycles. The zero-order valence-corrected chi connectivity index (χ0v) is 6.06. The Morgan fingerprint density at radius 2 is 2.33 bits per heavy atom. The van der Waals surface area contributed by atoms with Crippen molar-refractivity contribution in [1.29, 1.82) is 0 Å². The Morgan fingerprint density at radius 1 is 1.78 bits per heavy atom. The molecule has 1 aliphatic rings. The average Bonchev–Trinajstić information content (AvgIpc) is 1.60. The van der Waals surface area contributed by atoms with Crippen LogP contribution in [0.15, 0.2) is 0 Å². The smallest absolute Gasteiger partial charge is 0.236 e. The molecule has 5 heteroatoms. The molecule has 1 atom stereocenters. The summed E-state index contributed by atoms with van der Waals surface area (Å²) in [5.41, 5.74) is 0. The van der Waals surface area contributed by atoms with Crippen LogP contribution in [0.2, 0.25) is 0 Å². The zero-order chi connectivity index (χ0) is 6.85. The van der Waals surface area contributed by atoms with Gasteiger partial charge in [-0.3, -0.25) is 9.46 Å². The van der Waals surface area contributed by atoms with Crippen LogP contribution in [0.1, 0.15) is 0 Å². The van der Waals surface area contributed by atoms with Gasteiger partial charge in [0.05, 0.1) is 0 Å². The molecule has 1 rings (SSSR count). The van der Waals surface area contributed by atoms with E-state index in [1.165, 1.54) is 0 Å². The second-order valence-corrected chi connectivity index (χ2v) is 2.74. The first-order valence-corrected chi connectivity index (χ1v) is 3.16. The van der Waals surface area contributed by atoms with Crippen LogP contribution in [0.5, 0.6) is 0 Å². The van der Waals surface area contributed by atoms with E-state index in [0.717, 1.165) is 13.1 Å². The van der Waals surface area contributed by atoms with Crippen molar-refractivity contribution in [2.75, 3.05) is 13.1 Å². The van der Waals surface area contributed by atoms with E-state index in [4.69, 9.17) is 7.85 Å². The molecule has 0 aromatic carbocycles. The van der Waals surface area contributed by atoms with Gasteiger partial charge < -0.3 is 4.74 Å². The molecule has 1 unspecified atom stereocenters. The fourth-order valence-corrected chi connectivity index (χ4v) is 1.18. The molecule has 48 valence electrons. The summed E-state index contributed by atoms with van der Waals surface area (Å²) in [4.78, 5) is 10.1. The standard InChI is InChI=1S/C4H7BNO2P/c5-4(7)8-3-1-6(9)2-3/h3H,1-2,9H2. The third-order valence-corrected chi connectivity index (χ3v) is 1.58. The molecule has 0 saturated carbocycles. The Balaban J connectivity index is 2.11. The predicted octanol–water partition coefficient (Wildman–Crippen LogP) is -0.234. The molecule has 0 amide bonds. The maximum Gasteiger partial charge on any atom is 0.236 e. The summed E-state index contributed by atoms with van der Waals surface area (Å²) in [5, 5.41) is 0. The summed E-state index contributed by atoms with van der Waals surface area (Å²) < 4.78 is 6.61. The molecule has 0 spiro atoms. The number of nitrogens with zero attached hydrogens (tertiary/aromatic N) is 1. The minimum absolute atomic E-state index is 0.0139. The van der Waals surface area contributed by atoms with Gasteiger partial charge in [0.25, 0.3) is 0 Å².